The summed E-state index contributed by atoms with van der Waals surface area (Å²) in [7, 11) is 1.38. The number of hydrogen-bond acceptors (Lipinski definition) is 5. The van der Waals surface area contributed by atoms with Crippen LogP contribution in [0.2, 0.25) is 0 Å². The third kappa shape index (κ3) is 4.94. The number of aromatic nitrogens is 1. The average molecular weight is 444 g/mol. The lowest BCUT2D eigenvalue weighted by Crippen LogP contribution is -2.10. The molecule has 0 spiro atoms. The van der Waals surface area contributed by atoms with Gasteiger partial charge in [0.15, 0.2) is 0 Å². The van der Waals surface area contributed by atoms with Crippen LogP contribution in [0.5, 0.6) is 5.75 Å². The Labute approximate surface area is 192 Å². The molecule has 0 saturated heterocycles. The van der Waals surface area contributed by atoms with Crippen LogP contribution >= 0.6 is 11.8 Å². The van der Waals surface area contributed by atoms with Crippen molar-refractivity contribution in [1.29, 1.82) is 0 Å². The summed E-state index contributed by atoms with van der Waals surface area (Å²) in [5.74, 6) is 0.746. The van der Waals surface area contributed by atoms with E-state index in [4.69, 9.17) is 14.5 Å². The van der Waals surface area contributed by atoms with Gasteiger partial charge in [0.2, 0.25) is 0 Å². The SMILES string of the molecule is COC(=O)c1c(SCc2ccc(C)cc2)nc2ccccc2c1OCc1ccc(C)cc1. The van der Waals surface area contributed by atoms with Crippen LogP contribution in [0.3, 0.4) is 0 Å². The van der Waals surface area contributed by atoms with Crippen LogP contribution in [0, 0.1) is 13.8 Å². The minimum absolute atomic E-state index is 0.348. The van der Waals surface area contributed by atoms with E-state index in [2.05, 4.69) is 31.2 Å². The molecule has 32 heavy (non-hydrogen) atoms. The van der Waals surface area contributed by atoms with Crippen LogP contribution in [0.25, 0.3) is 10.9 Å². The molecule has 0 atom stereocenters. The van der Waals surface area contributed by atoms with E-state index in [0.29, 0.717) is 28.7 Å². The smallest absolute Gasteiger partial charge is 0.344 e. The molecule has 4 aromatic rings. The number of fused-ring (bicyclic) bond motifs is 1. The molecule has 162 valence electrons. The molecule has 0 fully saturated rings. The van der Waals surface area contributed by atoms with E-state index >= 15 is 0 Å². The van der Waals surface area contributed by atoms with Crippen molar-refractivity contribution in [3.05, 3.63) is 101 Å². The molecule has 3 aromatic carbocycles. The van der Waals surface area contributed by atoms with Gasteiger partial charge in [-0.05, 0) is 37.1 Å². The molecular weight excluding hydrogens is 418 g/mol. The number of thioether (sulfide) groups is 1. The van der Waals surface area contributed by atoms with Crippen molar-refractivity contribution < 1.29 is 14.3 Å². The first kappa shape index (κ1) is 21.9. The van der Waals surface area contributed by atoms with Crippen molar-refractivity contribution in [3.63, 3.8) is 0 Å². The zero-order valence-electron chi connectivity index (χ0n) is 18.4. The zero-order chi connectivity index (χ0) is 22.5. The molecule has 0 saturated carbocycles. The Morgan fingerprint density at radius 2 is 1.50 bits per heavy atom. The molecule has 0 radical (unpaired) electrons. The number of ether oxygens (including phenoxy) is 2. The highest BCUT2D eigenvalue weighted by atomic mass is 32.2. The first-order valence-electron chi connectivity index (χ1n) is 10.4. The van der Waals surface area contributed by atoms with E-state index in [0.717, 1.165) is 22.0 Å². The number of carbonyl (C=O) groups excluding carboxylic acids is 1. The summed E-state index contributed by atoms with van der Waals surface area (Å²) >= 11 is 1.51. The highest BCUT2D eigenvalue weighted by Gasteiger charge is 2.24. The molecule has 0 bridgehead atoms. The molecule has 0 amide bonds. The number of pyridine rings is 1. The summed E-state index contributed by atoms with van der Waals surface area (Å²) in [6.07, 6.45) is 0. The van der Waals surface area contributed by atoms with Gasteiger partial charge in [-0.25, -0.2) is 9.78 Å². The molecule has 0 aliphatic rings. The molecule has 1 aromatic heterocycles. The lowest BCUT2D eigenvalue weighted by atomic mass is 10.1. The van der Waals surface area contributed by atoms with Crippen LogP contribution in [0.4, 0.5) is 0 Å². The van der Waals surface area contributed by atoms with Crippen LogP contribution in [0.15, 0.2) is 77.8 Å². The molecule has 5 heteroatoms. The van der Waals surface area contributed by atoms with Gasteiger partial charge in [0.05, 0.1) is 12.6 Å². The second-order valence-electron chi connectivity index (χ2n) is 7.68. The van der Waals surface area contributed by atoms with Gasteiger partial charge in [-0.2, -0.15) is 0 Å². The molecule has 0 unspecified atom stereocenters. The van der Waals surface area contributed by atoms with Crippen molar-refractivity contribution in [2.45, 2.75) is 31.2 Å². The molecule has 0 N–H and O–H groups in total. The Kier molecular flexibility index (Phi) is 6.76. The van der Waals surface area contributed by atoms with Crippen LogP contribution in [-0.2, 0) is 17.1 Å². The highest BCUT2D eigenvalue weighted by molar-refractivity contribution is 7.98. The summed E-state index contributed by atoms with van der Waals surface area (Å²) < 4.78 is 11.4. The van der Waals surface area contributed by atoms with Crippen molar-refractivity contribution in [3.8, 4) is 5.75 Å². The third-order valence-electron chi connectivity index (χ3n) is 5.20. The predicted octanol–water partition coefficient (Wildman–Crippen LogP) is 6.51. The Morgan fingerprint density at radius 1 is 0.875 bits per heavy atom. The van der Waals surface area contributed by atoms with Gasteiger partial charge >= 0.3 is 5.97 Å². The van der Waals surface area contributed by atoms with Gasteiger partial charge in [0.25, 0.3) is 0 Å². The van der Waals surface area contributed by atoms with Crippen LogP contribution in [-0.4, -0.2) is 18.1 Å². The average Bonchev–Trinajstić information content (AvgIpc) is 2.82. The highest BCUT2D eigenvalue weighted by Crippen LogP contribution is 2.37. The van der Waals surface area contributed by atoms with Gasteiger partial charge < -0.3 is 9.47 Å². The van der Waals surface area contributed by atoms with Crippen LogP contribution in [0.1, 0.15) is 32.6 Å². The summed E-state index contributed by atoms with van der Waals surface area (Å²) in [6.45, 7) is 4.46. The predicted molar refractivity (Wildman–Crippen MR) is 129 cm³/mol. The van der Waals surface area contributed by atoms with Gasteiger partial charge in [-0.3, -0.25) is 0 Å². The Morgan fingerprint density at radius 3 is 2.16 bits per heavy atom. The summed E-state index contributed by atoms with van der Waals surface area (Å²) in [5.41, 5.74) is 5.74. The summed E-state index contributed by atoms with van der Waals surface area (Å²) in [4.78, 5) is 17.6. The lowest BCUT2D eigenvalue weighted by Gasteiger charge is -2.16. The van der Waals surface area contributed by atoms with E-state index in [1.165, 1.54) is 30.0 Å². The maximum Gasteiger partial charge on any atom is 0.344 e. The molecule has 0 aliphatic carbocycles. The largest absolute Gasteiger partial charge is 0.487 e. The number of hydrogen-bond donors (Lipinski definition) is 0. The van der Waals surface area contributed by atoms with E-state index in [-0.39, 0.29) is 0 Å². The quantitative estimate of drug-likeness (QED) is 0.241. The van der Waals surface area contributed by atoms with E-state index in [9.17, 15) is 4.79 Å². The number of para-hydroxylation sites is 1. The Bertz CT molecular complexity index is 1230. The zero-order valence-corrected chi connectivity index (χ0v) is 19.2. The van der Waals surface area contributed by atoms with Crippen LogP contribution < -0.4 is 4.74 Å². The second kappa shape index (κ2) is 9.88. The normalized spacial score (nSPS) is 10.8. The molecular formula is C27H25NO3S. The third-order valence-corrected chi connectivity index (χ3v) is 6.25. The van der Waals surface area contributed by atoms with Crippen molar-refractivity contribution in [1.82, 2.24) is 4.98 Å². The Balaban J connectivity index is 1.73. The van der Waals surface area contributed by atoms with Crippen molar-refractivity contribution in [2.24, 2.45) is 0 Å². The number of carbonyl (C=O) groups is 1. The molecule has 4 nitrogen and oxygen atoms in total. The monoisotopic (exact) mass is 443 g/mol. The fraction of sp³-hybridized carbons (Fsp3) is 0.185. The van der Waals surface area contributed by atoms with Gasteiger partial charge in [-0.1, -0.05) is 71.8 Å². The maximum absolute atomic E-state index is 12.9. The number of methoxy groups -OCH3 is 1. The van der Waals surface area contributed by atoms with Crippen molar-refractivity contribution >= 4 is 28.6 Å². The van der Waals surface area contributed by atoms with Gasteiger partial charge in [0.1, 0.15) is 22.9 Å². The number of benzene rings is 3. The van der Waals surface area contributed by atoms with Gasteiger partial charge in [-0.15, -0.1) is 11.8 Å². The minimum atomic E-state index is -0.450. The summed E-state index contributed by atoms with van der Waals surface area (Å²) in [6, 6.07) is 24.2. The van der Waals surface area contributed by atoms with Crippen molar-refractivity contribution in [2.75, 3.05) is 7.11 Å². The summed E-state index contributed by atoms with van der Waals surface area (Å²) in [5, 5.41) is 1.40. The number of esters is 1. The Hall–Kier alpha value is -3.31. The van der Waals surface area contributed by atoms with E-state index in [1.54, 1.807) is 0 Å². The maximum atomic E-state index is 12.9. The fourth-order valence-electron chi connectivity index (χ4n) is 3.37. The second-order valence-corrected chi connectivity index (χ2v) is 8.64. The lowest BCUT2D eigenvalue weighted by molar-refractivity contribution is 0.0590. The van der Waals surface area contributed by atoms with E-state index < -0.39 is 5.97 Å². The number of nitrogens with zero attached hydrogens (tertiary/aromatic N) is 1. The standard InChI is InChI=1S/C27H25NO3S/c1-18-8-12-20(13-9-18)16-31-25-22-6-4-5-7-23(22)28-26(24(25)27(29)30-3)32-17-21-14-10-19(2)11-15-21/h4-15H,16-17H2,1-3H3. The molecule has 1 heterocycles. The minimum Gasteiger partial charge on any atom is -0.487 e. The van der Waals surface area contributed by atoms with Gasteiger partial charge in [0, 0.05) is 11.1 Å². The molecule has 4 rings (SSSR count). The number of aryl methyl sites for hydroxylation is 2. The first-order valence-corrected chi connectivity index (χ1v) is 11.4. The van der Waals surface area contributed by atoms with E-state index in [1.807, 2.05) is 55.5 Å². The first-order chi connectivity index (χ1) is 15.5. The topological polar surface area (TPSA) is 48.4 Å². The number of rotatable bonds is 7. The fourth-order valence-corrected chi connectivity index (χ4v) is 4.35. The molecule has 0 aliphatic heterocycles.